The van der Waals surface area contributed by atoms with Crippen LogP contribution in [0.3, 0.4) is 0 Å². The van der Waals surface area contributed by atoms with Gasteiger partial charge in [0.2, 0.25) is 11.0 Å². The van der Waals surface area contributed by atoms with Gasteiger partial charge in [-0.05, 0) is 86.5 Å². The third kappa shape index (κ3) is 3.60. The van der Waals surface area contributed by atoms with Gasteiger partial charge in [0.25, 0.3) is 5.91 Å². The molecule has 2 heterocycles. The fourth-order valence-corrected chi connectivity index (χ4v) is 7.59. The molecule has 4 fully saturated rings. The molecular weight excluding hydrogens is 412 g/mol. The van der Waals surface area contributed by atoms with Gasteiger partial charge in [-0.3, -0.25) is 14.9 Å². The number of rotatable bonds is 5. The summed E-state index contributed by atoms with van der Waals surface area (Å²) in [5.74, 6) is 2.98. The number of nitrogens with zero attached hydrogens (tertiary/aromatic N) is 2. The van der Waals surface area contributed by atoms with Gasteiger partial charge in [-0.1, -0.05) is 11.3 Å². The molecule has 1 aromatic carbocycles. The van der Waals surface area contributed by atoms with Crippen LogP contribution in [0.25, 0.3) is 0 Å². The molecule has 0 unspecified atom stereocenters. The minimum absolute atomic E-state index is 0.0329. The van der Waals surface area contributed by atoms with Gasteiger partial charge in [0.15, 0.2) is 6.61 Å². The average Bonchev–Trinajstić information content (AvgIpc) is 3.20. The van der Waals surface area contributed by atoms with Crippen molar-refractivity contribution in [2.75, 3.05) is 17.2 Å². The summed E-state index contributed by atoms with van der Waals surface area (Å²) in [5, 5.41) is 16.2. The van der Waals surface area contributed by atoms with Crippen LogP contribution in [0, 0.1) is 17.8 Å². The van der Waals surface area contributed by atoms with Crippen molar-refractivity contribution < 1.29 is 14.3 Å². The molecule has 2 N–H and O–H groups in total. The molecule has 0 radical (unpaired) electrons. The number of hydrogen-bond acceptors (Lipinski definition) is 6. The van der Waals surface area contributed by atoms with Crippen molar-refractivity contribution in [2.45, 2.75) is 56.8 Å². The van der Waals surface area contributed by atoms with E-state index in [1.165, 1.54) is 38.5 Å². The normalized spacial score (nSPS) is 30.6. The number of ether oxygens (including phenoxy) is 1. The molecule has 31 heavy (non-hydrogen) atoms. The van der Waals surface area contributed by atoms with E-state index in [9.17, 15) is 9.59 Å². The van der Waals surface area contributed by atoms with Gasteiger partial charge in [0.1, 0.15) is 10.8 Å². The van der Waals surface area contributed by atoms with Crippen molar-refractivity contribution >= 4 is 34.0 Å². The molecule has 4 aliphatic carbocycles. The number of aromatic nitrogens is 2. The van der Waals surface area contributed by atoms with Crippen LogP contribution in [-0.4, -0.2) is 28.6 Å². The minimum atomic E-state index is -0.237. The number of carbonyl (C=O) groups excluding carboxylic acids is 2. The maximum Gasteiger partial charge on any atom is 0.264 e. The van der Waals surface area contributed by atoms with E-state index in [4.69, 9.17) is 4.74 Å². The molecule has 1 aliphatic heterocycles. The molecule has 0 saturated heterocycles. The summed E-state index contributed by atoms with van der Waals surface area (Å²) in [4.78, 5) is 23.9. The van der Waals surface area contributed by atoms with E-state index < -0.39 is 0 Å². The largest absolute Gasteiger partial charge is 0.484 e. The van der Waals surface area contributed by atoms with E-state index >= 15 is 0 Å². The van der Waals surface area contributed by atoms with Crippen LogP contribution in [0.2, 0.25) is 0 Å². The summed E-state index contributed by atoms with van der Waals surface area (Å²) in [6.45, 7) is -0.0859. The van der Waals surface area contributed by atoms with Crippen molar-refractivity contribution in [3.8, 4) is 5.75 Å². The highest BCUT2D eigenvalue weighted by molar-refractivity contribution is 7.15. The summed E-state index contributed by atoms with van der Waals surface area (Å²) in [6, 6.07) is 5.48. The second-order valence-electron chi connectivity index (χ2n) is 9.81. The highest BCUT2D eigenvalue weighted by Crippen LogP contribution is 2.61. The monoisotopic (exact) mass is 438 g/mol. The maximum atomic E-state index is 12.4. The number of hydrogen-bond donors (Lipinski definition) is 2. The summed E-state index contributed by atoms with van der Waals surface area (Å²) >= 11 is 1.54. The first kappa shape index (κ1) is 19.2. The fraction of sp³-hybridized carbons (Fsp3) is 0.565. The third-order valence-electron chi connectivity index (χ3n) is 7.51. The molecule has 2 aromatic rings. The quantitative estimate of drug-likeness (QED) is 0.738. The first-order valence-electron chi connectivity index (χ1n) is 11.2. The Morgan fingerprint density at radius 1 is 1.13 bits per heavy atom. The highest BCUT2D eigenvalue weighted by atomic mass is 32.1. The van der Waals surface area contributed by atoms with E-state index in [1.54, 1.807) is 17.4 Å². The molecule has 7 rings (SSSR count). The summed E-state index contributed by atoms with van der Waals surface area (Å²) in [7, 11) is 0. The molecule has 8 heteroatoms. The van der Waals surface area contributed by atoms with E-state index in [-0.39, 0.29) is 23.8 Å². The van der Waals surface area contributed by atoms with Gasteiger partial charge in [0.05, 0.1) is 0 Å². The number of amides is 2. The first-order chi connectivity index (χ1) is 15.0. The Balaban J connectivity index is 1.08. The Kier molecular flexibility index (Phi) is 4.52. The molecule has 7 nitrogen and oxygen atoms in total. The Labute approximate surface area is 185 Å². The standard InChI is InChI=1S/C23H26N4O3S/c28-19-4-1-16-8-17(2-3-18(16)24-19)30-12-20(29)25-22-27-26-21(31-22)23-9-13-5-14(10-23)7-15(6-13)11-23/h2-3,8,13-15H,1,4-7,9-12H2,(H,24,28)(H,25,27,29). The number of fused-ring (bicyclic) bond motifs is 1. The minimum Gasteiger partial charge on any atom is -0.484 e. The number of nitrogens with one attached hydrogen (secondary N) is 2. The van der Waals surface area contributed by atoms with Crippen LogP contribution < -0.4 is 15.4 Å². The predicted octanol–water partition coefficient (Wildman–Crippen LogP) is 3.91. The van der Waals surface area contributed by atoms with E-state index in [1.807, 2.05) is 12.1 Å². The van der Waals surface area contributed by atoms with Crippen LogP contribution in [0.15, 0.2) is 18.2 Å². The summed E-state index contributed by atoms with van der Waals surface area (Å²) in [5.41, 5.74) is 2.05. The van der Waals surface area contributed by atoms with Gasteiger partial charge < -0.3 is 10.1 Å². The Morgan fingerprint density at radius 2 is 1.87 bits per heavy atom. The molecule has 0 spiro atoms. The third-order valence-corrected chi connectivity index (χ3v) is 8.59. The van der Waals surface area contributed by atoms with Crippen LogP contribution in [0.5, 0.6) is 5.75 Å². The van der Waals surface area contributed by atoms with Gasteiger partial charge >= 0.3 is 0 Å². The lowest BCUT2D eigenvalue weighted by atomic mass is 9.50. The highest BCUT2D eigenvalue weighted by Gasteiger charge is 2.53. The second-order valence-corrected chi connectivity index (χ2v) is 10.8. The molecule has 4 saturated carbocycles. The molecular formula is C23H26N4O3S. The zero-order chi connectivity index (χ0) is 21.0. The first-order valence-corrected chi connectivity index (χ1v) is 12.1. The molecule has 162 valence electrons. The number of carbonyl (C=O) groups is 2. The average molecular weight is 439 g/mol. The van der Waals surface area contributed by atoms with Crippen LogP contribution in [-0.2, 0) is 21.4 Å². The lowest BCUT2D eigenvalue weighted by molar-refractivity contribution is -0.118. The number of anilines is 2. The summed E-state index contributed by atoms with van der Waals surface area (Å²) in [6.07, 6.45) is 9.06. The van der Waals surface area contributed by atoms with Crippen LogP contribution >= 0.6 is 11.3 Å². The van der Waals surface area contributed by atoms with Crippen molar-refractivity contribution in [1.82, 2.24) is 10.2 Å². The zero-order valence-electron chi connectivity index (χ0n) is 17.4. The van der Waals surface area contributed by atoms with Gasteiger partial charge in [-0.2, -0.15) is 0 Å². The van der Waals surface area contributed by atoms with Gasteiger partial charge in [-0.15, -0.1) is 10.2 Å². The molecule has 0 atom stereocenters. The predicted molar refractivity (Wildman–Crippen MR) is 117 cm³/mol. The Bertz CT molecular complexity index is 1010. The topological polar surface area (TPSA) is 93.2 Å². The lowest BCUT2D eigenvalue weighted by Crippen LogP contribution is -2.48. The van der Waals surface area contributed by atoms with Crippen molar-refractivity contribution in [2.24, 2.45) is 17.8 Å². The van der Waals surface area contributed by atoms with Crippen LogP contribution in [0.1, 0.15) is 55.5 Å². The second kappa shape index (κ2) is 7.29. The molecule has 2 amide bonds. The number of aryl methyl sites for hydroxylation is 1. The zero-order valence-corrected chi connectivity index (χ0v) is 18.2. The maximum absolute atomic E-state index is 12.4. The smallest absolute Gasteiger partial charge is 0.264 e. The SMILES string of the molecule is O=C(COc1ccc2c(c1)CCC(=O)N2)Nc1nnc(C23CC4CC(CC(C4)C2)C3)s1. The molecule has 4 bridgehead atoms. The van der Waals surface area contributed by atoms with Gasteiger partial charge in [0, 0.05) is 17.5 Å². The van der Waals surface area contributed by atoms with E-state index in [0.717, 1.165) is 34.0 Å². The van der Waals surface area contributed by atoms with E-state index in [2.05, 4.69) is 20.8 Å². The Hall–Kier alpha value is -2.48. The van der Waals surface area contributed by atoms with Crippen LogP contribution in [0.4, 0.5) is 10.8 Å². The Morgan fingerprint density at radius 3 is 2.61 bits per heavy atom. The number of benzene rings is 1. The molecule has 1 aromatic heterocycles. The van der Waals surface area contributed by atoms with Crippen molar-refractivity contribution in [3.63, 3.8) is 0 Å². The molecule has 5 aliphatic rings. The fourth-order valence-electron chi connectivity index (χ4n) is 6.61. The van der Waals surface area contributed by atoms with E-state index in [0.29, 0.717) is 23.7 Å². The van der Waals surface area contributed by atoms with Crippen molar-refractivity contribution in [3.05, 3.63) is 28.8 Å². The summed E-state index contributed by atoms with van der Waals surface area (Å²) < 4.78 is 5.67. The van der Waals surface area contributed by atoms with Crippen molar-refractivity contribution in [1.29, 1.82) is 0 Å². The van der Waals surface area contributed by atoms with Gasteiger partial charge in [-0.25, -0.2) is 0 Å². The lowest BCUT2D eigenvalue weighted by Gasteiger charge is -2.55.